The molecule has 5 rings (SSSR count). The maximum absolute atomic E-state index is 14.2. The molecule has 4 heterocycles. The van der Waals surface area contributed by atoms with Gasteiger partial charge in [-0.2, -0.15) is 5.10 Å². The van der Waals surface area contributed by atoms with Gasteiger partial charge in [-0.05, 0) is 32.4 Å². The third kappa shape index (κ3) is 3.17. The molecular weight excluding hydrogens is 376 g/mol. The summed E-state index contributed by atoms with van der Waals surface area (Å²) in [7, 11) is 0. The Morgan fingerprint density at radius 3 is 2.83 bits per heavy atom. The number of hydrogen-bond acceptors (Lipinski definition) is 6. The van der Waals surface area contributed by atoms with Crippen LogP contribution in [0.2, 0.25) is 0 Å². The van der Waals surface area contributed by atoms with Crippen molar-refractivity contribution < 1.29 is 13.5 Å². The third-order valence-electron chi connectivity index (χ3n) is 5.79. The van der Waals surface area contributed by atoms with Crippen LogP contribution >= 0.6 is 0 Å². The summed E-state index contributed by atoms with van der Waals surface area (Å²) in [6.07, 6.45) is 3.19. The second-order valence-electron chi connectivity index (χ2n) is 7.75. The fraction of sp³-hybridized carbons (Fsp3) is 0.381. The molecule has 1 N–H and O–H groups in total. The van der Waals surface area contributed by atoms with Gasteiger partial charge in [0, 0.05) is 23.6 Å². The van der Waals surface area contributed by atoms with Crippen LogP contribution in [0.5, 0.6) is 0 Å². The largest absolute Gasteiger partial charge is 0.374 e. The Morgan fingerprint density at radius 1 is 1.24 bits per heavy atom. The number of nitrogens with one attached hydrogen (secondary N) is 1. The number of ether oxygens (including phenoxy) is 1. The van der Waals surface area contributed by atoms with Crippen LogP contribution < -0.4 is 10.2 Å². The van der Waals surface area contributed by atoms with Crippen LogP contribution in [0.25, 0.3) is 10.9 Å². The van der Waals surface area contributed by atoms with Gasteiger partial charge in [0.15, 0.2) is 5.82 Å². The average Bonchev–Trinajstić information content (AvgIpc) is 3.33. The molecule has 29 heavy (non-hydrogen) atoms. The van der Waals surface area contributed by atoms with Crippen LogP contribution in [0, 0.1) is 18.6 Å². The highest BCUT2D eigenvalue weighted by molar-refractivity contribution is 5.92. The molecule has 2 fully saturated rings. The molecule has 0 aliphatic carbocycles. The van der Waals surface area contributed by atoms with E-state index in [4.69, 9.17) is 4.74 Å². The smallest absolute Gasteiger partial charge is 0.158 e. The highest BCUT2D eigenvalue weighted by Gasteiger charge is 2.39. The van der Waals surface area contributed by atoms with E-state index in [9.17, 15) is 8.78 Å². The molecule has 3 atom stereocenters. The molecular formula is C21H21F2N5O. The van der Waals surface area contributed by atoms with E-state index in [1.54, 1.807) is 6.92 Å². The summed E-state index contributed by atoms with van der Waals surface area (Å²) in [6.45, 7) is 5.26. The van der Waals surface area contributed by atoms with E-state index < -0.39 is 17.7 Å². The molecule has 2 aromatic heterocycles. The predicted molar refractivity (Wildman–Crippen MR) is 106 cm³/mol. The zero-order valence-electron chi connectivity index (χ0n) is 16.2. The molecule has 3 aromatic rings. The SMILES string of the molecule is Cc1nnc(N[C@H](C)c2ccc(F)cc2F)c2cc(N3CC4CC3CO4)cnc12. The van der Waals surface area contributed by atoms with E-state index in [1.165, 1.54) is 12.1 Å². The Kier molecular flexibility index (Phi) is 4.31. The number of halogens is 2. The van der Waals surface area contributed by atoms with Gasteiger partial charge in [-0.25, -0.2) is 8.78 Å². The van der Waals surface area contributed by atoms with Crippen LogP contribution in [0.3, 0.4) is 0 Å². The number of anilines is 2. The minimum atomic E-state index is -0.600. The highest BCUT2D eigenvalue weighted by atomic mass is 19.1. The number of fused-ring (bicyclic) bond motifs is 3. The Bertz CT molecular complexity index is 1090. The zero-order chi connectivity index (χ0) is 20.1. The summed E-state index contributed by atoms with van der Waals surface area (Å²) in [5.41, 5.74) is 2.85. The summed E-state index contributed by atoms with van der Waals surface area (Å²) in [5.74, 6) is -0.671. The summed E-state index contributed by atoms with van der Waals surface area (Å²) in [4.78, 5) is 6.95. The Hall–Kier alpha value is -2.87. The van der Waals surface area contributed by atoms with Crippen LogP contribution in [0.1, 0.15) is 30.6 Å². The van der Waals surface area contributed by atoms with E-state index in [0.717, 1.165) is 47.9 Å². The van der Waals surface area contributed by atoms with E-state index in [-0.39, 0.29) is 6.10 Å². The van der Waals surface area contributed by atoms with Gasteiger partial charge >= 0.3 is 0 Å². The molecule has 2 bridgehead atoms. The molecule has 0 spiro atoms. The molecule has 2 aliphatic rings. The normalized spacial score (nSPS) is 21.7. The number of aryl methyl sites for hydroxylation is 1. The number of morpholine rings is 1. The van der Waals surface area contributed by atoms with Crippen molar-refractivity contribution in [2.45, 2.75) is 38.5 Å². The molecule has 150 valence electrons. The Morgan fingerprint density at radius 2 is 2.10 bits per heavy atom. The van der Waals surface area contributed by atoms with Gasteiger partial charge in [0.1, 0.15) is 11.6 Å². The van der Waals surface area contributed by atoms with Crippen LogP contribution in [0.15, 0.2) is 30.5 Å². The lowest BCUT2D eigenvalue weighted by Gasteiger charge is -2.29. The molecule has 8 heteroatoms. The van der Waals surface area contributed by atoms with E-state index >= 15 is 0 Å². The highest BCUT2D eigenvalue weighted by Crippen LogP contribution is 2.35. The third-order valence-corrected chi connectivity index (χ3v) is 5.79. The van der Waals surface area contributed by atoms with Gasteiger partial charge < -0.3 is 15.0 Å². The van der Waals surface area contributed by atoms with Crippen molar-refractivity contribution >= 4 is 22.4 Å². The van der Waals surface area contributed by atoms with Crippen molar-refractivity contribution in [1.29, 1.82) is 0 Å². The summed E-state index contributed by atoms with van der Waals surface area (Å²) < 4.78 is 33.1. The average molecular weight is 397 g/mol. The predicted octanol–water partition coefficient (Wildman–Crippen LogP) is 3.76. The first-order valence-electron chi connectivity index (χ1n) is 9.72. The van der Waals surface area contributed by atoms with Crippen molar-refractivity contribution in [2.75, 3.05) is 23.4 Å². The summed E-state index contributed by atoms with van der Waals surface area (Å²) in [5, 5.41) is 12.5. The van der Waals surface area contributed by atoms with Crippen molar-refractivity contribution in [3.05, 3.63) is 53.4 Å². The topological polar surface area (TPSA) is 63.2 Å². The maximum Gasteiger partial charge on any atom is 0.158 e. The lowest BCUT2D eigenvalue weighted by atomic mass is 10.1. The van der Waals surface area contributed by atoms with E-state index in [1.807, 2.05) is 13.1 Å². The lowest BCUT2D eigenvalue weighted by molar-refractivity contribution is 0.0991. The van der Waals surface area contributed by atoms with Crippen molar-refractivity contribution in [3.63, 3.8) is 0 Å². The Balaban J connectivity index is 1.51. The van der Waals surface area contributed by atoms with Crippen molar-refractivity contribution in [2.24, 2.45) is 0 Å². The Labute approximate surface area is 166 Å². The van der Waals surface area contributed by atoms with Crippen molar-refractivity contribution in [1.82, 2.24) is 15.2 Å². The van der Waals surface area contributed by atoms with Crippen molar-refractivity contribution in [3.8, 4) is 0 Å². The minimum absolute atomic E-state index is 0.284. The number of pyridine rings is 1. The first-order chi connectivity index (χ1) is 14.0. The van der Waals surface area contributed by atoms with Gasteiger partial charge in [-0.3, -0.25) is 4.98 Å². The monoisotopic (exact) mass is 397 g/mol. The number of aromatic nitrogens is 3. The first kappa shape index (κ1) is 18.2. The second kappa shape index (κ2) is 6.88. The quantitative estimate of drug-likeness (QED) is 0.723. The van der Waals surface area contributed by atoms with Gasteiger partial charge in [-0.15, -0.1) is 5.10 Å². The van der Waals surface area contributed by atoms with Gasteiger partial charge in [0.05, 0.1) is 47.9 Å². The minimum Gasteiger partial charge on any atom is -0.374 e. The molecule has 6 nitrogen and oxygen atoms in total. The lowest BCUT2D eigenvalue weighted by Crippen LogP contribution is -2.36. The summed E-state index contributed by atoms with van der Waals surface area (Å²) >= 11 is 0. The van der Waals surface area contributed by atoms with Crippen LogP contribution in [-0.2, 0) is 4.74 Å². The van der Waals surface area contributed by atoms with Crippen LogP contribution in [0.4, 0.5) is 20.3 Å². The van der Waals surface area contributed by atoms with Gasteiger partial charge in [0.25, 0.3) is 0 Å². The molecule has 2 saturated heterocycles. The number of hydrogen-bond donors (Lipinski definition) is 1. The fourth-order valence-electron chi connectivity index (χ4n) is 4.26. The number of nitrogens with zero attached hydrogens (tertiary/aromatic N) is 4. The zero-order valence-corrected chi connectivity index (χ0v) is 16.2. The van der Waals surface area contributed by atoms with E-state index in [0.29, 0.717) is 17.4 Å². The first-order valence-corrected chi connectivity index (χ1v) is 9.72. The molecule has 1 aromatic carbocycles. The van der Waals surface area contributed by atoms with Gasteiger partial charge in [-0.1, -0.05) is 6.07 Å². The molecule has 0 saturated carbocycles. The molecule has 0 amide bonds. The second-order valence-corrected chi connectivity index (χ2v) is 7.75. The van der Waals surface area contributed by atoms with E-state index in [2.05, 4.69) is 31.5 Å². The summed E-state index contributed by atoms with van der Waals surface area (Å²) in [6, 6.07) is 5.59. The number of benzene rings is 1. The standard InChI is InChI=1S/C21H21F2N5O/c1-11(17-4-3-13(22)5-19(17)23)25-21-18-7-14(8-24-20(18)12(2)26-27-21)28-9-16-6-15(28)10-29-16/h3-5,7-8,11,15-16H,6,9-10H2,1-2H3,(H,25,27)/t11-,15?,16?/m1/s1. The molecule has 2 aliphatic heterocycles. The molecule has 2 unspecified atom stereocenters. The number of rotatable bonds is 4. The van der Waals surface area contributed by atoms with Crippen LogP contribution in [-0.4, -0.2) is 40.5 Å². The fourth-order valence-corrected chi connectivity index (χ4v) is 4.26. The molecule has 0 radical (unpaired) electrons. The van der Waals surface area contributed by atoms with Gasteiger partial charge in [0.2, 0.25) is 0 Å². The maximum atomic E-state index is 14.2.